The molecule has 1 atom stereocenters. The number of hydrogen-bond acceptors (Lipinski definition) is 3. The lowest BCUT2D eigenvalue weighted by atomic mass is 10.1. The largest absolute Gasteiger partial charge is 0.466 e. The molecule has 3 heteroatoms. The molecule has 0 aromatic rings. The van der Waals surface area contributed by atoms with Gasteiger partial charge in [0.05, 0.1) is 13.0 Å². The van der Waals surface area contributed by atoms with Crippen molar-refractivity contribution in [3.63, 3.8) is 0 Å². The molecular weight excluding hydrogens is 190 g/mol. The van der Waals surface area contributed by atoms with Crippen LogP contribution in [0.5, 0.6) is 0 Å². The molecule has 1 aliphatic carbocycles. The quantitative estimate of drug-likeness (QED) is 0.606. The van der Waals surface area contributed by atoms with Gasteiger partial charge in [0.1, 0.15) is 0 Å². The summed E-state index contributed by atoms with van der Waals surface area (Å²) in [7, 11) is 0. The highest BCUT2D eigenvalue weighted by atomic mass is 16.5. The highest BCUT2D eigenvalue weighted by Crippen LogP contribution is 2.36. The van der Waals surface area contributed by atoms with Gasteiger partial charge in [0.15, 0.2) is 0 Å². The van der Waals surface area contributed by atoms with Gasteiger partial charge in [-0.15, -0.1) is 0 Å². The average Bonchev–Trinajstić information content (AvgIpc) is 3.01. The van der Waals surface area contributed by atoms with Crippen molar-refractivity contribution in [1.82, 2.24) is 4.90 Å². The third kappa shape index (κ3) is 3.82. The monoisotopic (exact) mass is 213 g/mol. The van der Waals surface area contributed by atoms with Crippen LogP contribution in [0.15, 0.2) is 0 Å². The number of nitrogens with zero attached hydrogens (tertiary/aromatic N) is 1. The second-order valence-corrected chi connectivity index (χ2v) is 4.14. The Hall–Kier alpha value is -0.570. The smallest absolute Gasteiger partial charge is 0.307 e. The van der Waals surface area contributed by atoms with Crippen molar-refractivity contribution in [3.05, 3.63) is 0 Å². The molecule has 0 saturated heterocycles. The van der Waals surface area contributed by atoms with E-state index < -0.39 is 0 Å². The Labute approximate surface area is 92.8 Å². The zero-order valence-electron chi connectivity index (χ0n) is 10.2. The van der Waals surface area contributed by atoms with E-state index in [9.17, 15) is 4.79 Å². The van der Waals surface area contributed by atoms with Crippen LogP contribution in [-0.4, -0.2) is 36.6 Å². The number of carbonyl (C=O) groups excluding carboxylic acids is 1. The summed E-state index contributed by atoms with van der Waals surface area (Å²) in [5.74, 6) is 0.690. The molecule has 3 nitrogen and oxygen atoms in total. The van der Waals surface area contributed by atoms with Crippen LogP contribution in [0.4, 0.5) is 0 Å². The predicted octanol–water partition coefficient (Wildman–Crippen LogP) is 2.06. The molecule has 0 N–H and O–H groups in total. The molecule has 15 heavy (non-hydrogen) atoms. The predicted molar refractivity (Wildman–Crippen MR) is 60.7 cm³/mol. The molecule has 0 aromatic carbocycles. The molecular formula is C12H23NO2. The number of rotatable bonds is 7. The fraction of sp³-hybridized carbons (Fsp3) is 0.917. The van der Waals surface area contributed by atoms with E-state index in [2.05, 4.69) is 18.7 Å². The molecule has 1 fully saturated rings. The minimum atomic E-state index is -0.0405. The van der Waals surface area contributed by atoms with E-state index in [-0.39, 0.29) is 5.97 Å². The maximum absolute atomic E-state index is 11.5. The Morgan fingerprint density at radius 2 is 1.93 bits per heavy atom. The standard InChI is InChI=1S/C12H23NO2/c1-4-13(5-2)11(10-7-8-10)9-12(14)15-6-3/h10-11H,4-9H2,1-3H3. The molecule has 0 bridgehead atoms. The first kappa shape index (κ1) is 12.5. The zero-order chi connectivity index (χ0) is 11.3. The lowest BCUT2D eigenvalue weighted by molar-refractivity contribution is -0.144. The van der Waals surface area contributed by atoms with Gasteiger partial charge >= 0.3 is 5.97 Å². The second kappa shape index (κ2) is 6.11. The van der Waals surface area contributed by atoms with Crippen LogP contribution in [0, 0.1) is 5.92 Å². The Morgan fingerprint density at radius 3 is 2.33 bits per heavy atom. The SMILES string of the molecule is CCOC(=O)CC(C1CC1)N(CC)CC. The fourth-order valence-electron chi connectivity index (χ4n) is 2.16. The van der Waals surface area contributed by atoms with Gasteiger partial charge < -0.3 is 9.64 Å². The maximum atomic E-state index is 11.5. The van der Waals surface area contributed by atoms with Crippen molar-refractivity contribution in [2.75, 3.05) is 19.7 Å². The first-order valence-electron chi connectivity index (χ1n) is 6.12. The van der Waals surface area contributed by atoms with Crippen molar-refractivity contribution in [2.24, 2.45) is 5.92 Å². The number of ether oxygens (including phenoxy) is 1. The van der Waals surface area contributed by atoms with Gasteiger partial charge in [0.25, 0.3) is 0 Å². The summed E-state index contributed by atoms with van der Waals surface area (Å²) in [4.78, 5) is 13.9. The van der Waals surface area contributed by atoms with Crippen LogP contribution in [0.3, 0.4) is 0 Å². The van der Waals surface area contributed by atoms with E-state index >= 15 is 0 Å². The molecule has 1 rings (SSSR count). The summed E-state index contributed by atoms with van der Waals surface area (Å²) in [6.07, 6.45) is 3.13. The number of hydrogen-bond donors (Lipinski definition) is 0. The number of esters is 1. The molecule has 0 aliphatic heterocycles. The Bertz CT molecular complexity index is 198. The molecule has 88 valence electrons. The minimum Gasteiger partial charge on any atom is -0.466 e. The third-order valence-electron chi connectivity index (χ3n) is 3.13. The van der Waals surface area contributed by atoms with E-state index in [1.807, 2.05) is 6.92 Å². The summed E-state index contributed by atoms with van der Waals surface area (Å²) in [5.41, 5.74) is 0. The van der Waals surface area contributed by atoms with Crippen molar-refractivity contribution in [3.8, 4) is 0 Å². The normalized spacial score (nSPS) is 17.9. The van der Waals surface area contributed by atoms with E-state index in [1.165, 1.54) is 12.8 Å². The van der Waals surface area contributed by atoms with E-state index in [4.69, 9.17) is 4.74 Å². The Morgan fingerprint density at radius 1 is 1.33 bits per heavy atom. The second-order valence-electron chi connectivity index (χ2n) is 4.14. The van der Waals surface area contributed by atoms with Crippen LogP contribution < -0.4 is 0 Å². The van der Waals surface area contributed by atoms with Crippen molar-refractivity contribution in [2.45, 2.75) is 46.1 Å². The molecule has 1 saturated carbocycles. The van der Waals surface area contributed by atoms with Gasteiger partial charge in [-0.2, -0.15) is 0 Å². The van der Waals surface area contributed by atoms with Crippen LogP contribution in [-0.2, 0) is 9.53 Å². The maximum Gasteiger partial charge on any atom is 0.307 e. The first-order valence-corrected chi connectivity index (χ1v) is 6.12. The van der Waals surface area contributed by atoms with Crippen LogP contribution in [0.1, 0.15) is 40.0 Å². The van der Waals surface area contributed by atoms with Gasteiger partial charge in [0, 0.05) is 6.04 Å². The van der Waals surface area contributed by atoms with E-state index in [1.54, 1.807) is 0 Å². The molecule has 1 unspecified atom stereocenters. The summed E-state index contributed by atoms with van der Waals surface area (Å²) in [6.45, 7) is 8.72. The molecule has 1 aliphatic rings. The Balaban J connectivity index is 2.45. The number of carbonyl (C=O) groups is 1. The summed E-state index contributed by atoms with van der Waals surface area (Å²) >= 11 is 0. The van der Waals surface area contributed by atoms with Crippen LogP contribution in [0.2, 0.25) is 0 Å². The van der Waals surface area contributed by atoms with Crippen molar-refractivity contribution < 1.29 is 9.53 Å². The molecule has 0 amide bonds. The van der Waals surface area contributed by atoms with Gasteiger partial charge in [-0.25, -0.2) is 0 Å². The minimum absolute atomic E-state index is 0.0405. The highest BCUT2D eigenvalue weighted by Gasteiger charge is 2.35. The summed E-state index contributed by atoms with van der Waals surface area (Å²) in [5, 5.41) is 0. The summed E-state index contributed by atoms with van der Waals surface area (Å²) in [6, 6.07) is 0.416. The lowest BCUT2D eigenvalue weighted by Crippen LogP contribution is -2.38. The highest BCUT2D eigenvalue weighted by molar-refractivity contribution is 5.70. The van der Waals surface area contributed by atoms with Gasteiger partial charge in [-0.1, -0.05) is 13.8 Å². The lowest BCUT2D eigenvalue weighted by Gasteiger charge is -2.28. The van der Waals surface area contributed by atoms with Crippen LogP contribution >= 0.6 is 0 Å². The Kier molecular flexibility index (Phi) is 5.09. The van der Waals surface area contributed by atoms with Gasteiger partial charge in [-0.05, 0) is 38.8 Å². The fourth-order valence-corrected chi connectivity index (χ4v) is 2.16. The first-order chi connectivity index (χ1) is 7.22. The zero-order valence-corrected chi connectivity index (χ0v) is 10.2. The third-order valence-corrected chi connectivity index (χ3v) is 3.13. The van der Waals surface area contributed by atoms with Crippen molar-refractivity contribution >= 4 is 5.97 Å². The average molecular weight is 213 g/mol. The van der Waals surface area contributed by atoms with Crippen LogP contribution in [0.25, 0.3) is 0 Å². The van der Waals surface area contributed by atoms with Gasteiger partial charge in [-0.3, -0.25) is 4.79 Å². The summed E-state index contributed by atoms with van der Waals surface area (Å²) < 4.78 is 5.02. The topological polar surface area (TPSA) is 29.5 Å². The van der Waals surface area contributed by atoms with Crippen molar-refractivity contribution in [1.29, 1.82) is 0 Å². The molecule has 0 spiro atoms. The van der Waals surface area contributed by atoms with E-state index in [0.717, 1.165) is 19.0 Å². The van der Waals surface area contributed by atoms with E-state index in [0.29, 0.717) is 19.1 Å². The van der Waals surface area contributed by atoms with Gasteiger partial charge in [0.2, 0.25) is 0 Å². The molecule has 0 aromatic heterocycles. The molecule has 0 radical (unpaired) electrons. The molecule has 0 heterocycles.